The van der Waals surface area contributed by atoms with Crippen LogP contribution in [-0.4, -0.2) is 26.8 Å². The Hall–Kier alpha value is -0.985. The van der Waals surface area contributed by atoms with Crippen LogP contribution >= 0.6 is 0 Å². The predicted octanol–water partition coefficient (Wildman–Crippen LogP) is 3.23. The number of halogens is 4. The molecule has 0 heterocycles. The molecule has 0 aliphatic heterocycles. The van der Waals surface area contributed by atoms with E-state index in [0.717, 1.165) is 0 Å². The maximum absolute atomic E-state index is 9.75. The molecule has 2 aromatic rings. The normalized spacial score (nSPS) is 10.8. The van der Waals surface area contributed by atoms with E-state index in [1.807, 2.05) is 0 Å². The third-order valence-electron chi connectivity index (χ3n) is 2.19. The molecule has 0 radical (unpaired) electrons. The van der Waals surface area contributed by atoms with Gasteiger partial charge in [-0.15, -0.1) is 0 Å². The summed E-state index contributed by atoms with van der Waals surface area (Å²) in [5.41, 5.74) is 0. The van der Waals surface area contributed by atoms with Crippen LogP contribution in [0.5, 0.6) is 0 Å². The summed E-state index contributed by atoms with van der Waals surface area (Å²) in [7, 11) is -6.00. The van der Waals surface area contributed by atoms with E-state index in [0.29, 0.717) is 0 Å². The molecule has 102 valence electrons. The molecule has 0 fully saturated rings. The fourth-order valence-electron chi connectivity index (χ4n) is 1.39. The molecule has 19 heavy (non-hydrogen) atoms. The first-order chi connectivity index (χ1) is 8.88. The number of benzene rings is 2. The van der Waals surface area contributed by atoms with E-state index < -0.39 is 26.8 Å². The average Bonchev–Trinajstić information content (AvgIpc) is 2.38. The van der Waals surface area contributed by atoms with Gasteiger partial charge in [0.15, 0.2) is 0 Å². The van der Waals surface area contributed by atoms with Crippen molar-refractivity contribution >= 4 is 34.0 Å². The second-order valence-corrected chi connectivity index (χ2v) is 9.24. The Morgan fingerprint density at radius 3 is 1.21 bits per heavy atom. The third-order valence-corrected chi connectivity index (χ3v) is 7.78. The van der Waals surface area contributed by atoms with Crippen LogP contribution in [0.25, 0.3) is 0 Å². The minimum absolute atomic E-state index is 1.23. The van der Waals surface area contributed by atoms with Crippen molar-refractivity contribution in [1.29, 1.82) is 0 Å². The third kappa shape index (κ3) is 7.24. The maximum atomic E-state index is 9.75. The van der Waals surface area contributed by atoms with Crippen molar-refractivity contribution in [2.24, 2.45) is 0 Å². The summed E-state index contributed by atoms with van der Waals surface area (Å²) in [6, 6.07) is 21.7. The van der Waals surface area contributed by atoms with Gasteiger partial charge in [0.25, 0.3) is 0 Å². The van der Waals surface area contributed by atoms with Crippen molar-refractivity contribution in [3.63, 3.8) is 0 Å². The van der Waals surface area contributed by atoms with Crippen LogP contribution < -0.4 is 7.22 Å². The van der Waals surface area contributed by atoms with Gasteiger partial charge in [-0.25, -0.2) is 0 Å². The Morgan fingerprint density at radius 2 is 0.947 bits per heavy atom. The van der Waals surface area contributed by atoms with E-state index in [-0.39, 0.29) is 0 Å². The van der Waals surface area contributed by atoms with Crippen molar-refractivity contribution < 1.29 is 17.3 Å². The first kappa shape index (κ1) is 16.1. The molecule has 0 aliphatic carbocycles. The largest absolute Gasteiger partial charge is 0.673 e. The number of hydrogen-bond acceptors (Lipinski definition) is 0. The van der Waals surface area contributed by atoms with Gasteiger partial charge >= 0.3 is 99.7 Å². The molecule has 0 amide bonds. The second-order valence-electron chi connectivity index (χ2n) is 3.63. The van der Waals surface area contributed by atoms with Crippen molar-refractivity contribution in [2.45, 2.75) is 4.97 Å². The van der Waals surface area contributed by atoms with Gasteiger partial charge in [0, 0.05) is 0 Å². The summed E-state index contributed by atoms with van der Waals surface area (Å²) in [5.74, 6) is 0. The van der Waals surface area contributed by atoms with Crippen LogP contribution in [0, 0.1) is 0 Å². The molecule has 0 aromatic heterocycles. The Bertz CT molecular complexity index is 428. The molecule has 0 nitrogen and oxygen atoms in total. The Balaban J connectivity index is 0.000000312. The monoisotopic (exact) mass is 386 g/mol. The number of rotatable bonds is 2. The van der Waals surface area contributed by atoms with Crippen LogP contribution in [0.3, 0.4) is 0 Å². The van der Waals surface area contributed by atoms with Gasteiger partial charge in [0.05, 0.1) is 0 Å². The minimum atomic E-state index is -6.00. The predicted molar refractivity (Wildman–Crippen MR) is 74.0 cm³/mol. The SMILES string of the molecule is C[Te+](c1ccccc1)c1ccccc1.F[B-](F)(F)F. The van der Waals surface area contributed by atoms with E-state index in [1.54, 1.807) is 7.22 Å². The molecular formula is C13H13BF4Te. The molecule has 0 unspecified atom stereocenters. The summed E-state index contributed by atoms with van der Waals surface area (Å²) < 4.78 is 42.1. The first-order valence-electron chi connectivity index (χ1n) is 5.51. The van der Waals surface area contributed by atoms with E-state index >= 15 is 0 Å². The average molecular weight is 384 g/mol. The summed E-state index contributed by atoms with van der Waals surface area (Å²) in [5, 5.41) is 0. The van der Waals surface area contributed by atoms with Gasteiger partial charge in [-0.1, -0.05) is 0 Å². The van der Waals surface area contributed by atoms with Crippen molar-refractivity contribution in [1.82, 2.24) is 0 Å². The van der Waals surface area contributed by atoms with Crippen LogP contribution in [0.4, 0.5) is 17.3 Å². The van der Waals surface area contributed by atoms with Gasteiger partial charge in [-0.2, -0.15) is 0 Å². The van der Waals surface area contributed by atoms with Crippen molar-refractivity contribution in [3.05, 3.63) is 60.7 Å². The summed E-state index contributed by atoms with van der Waals surface area (Å²) >= 11 is -1.23. The number of hydrogen-bond donors (Lipinski definition) is 0. The van der Waals surface area contributed by atoms with E-state index in [2.05, 4.69) is 65.6 Å². The van der Waals surface area contributed by atoms with Gasteiger partial charge in [0.2, 0.25) is 0 Å². The zero-order valence-corrected chi connectivity index (χ0v) is 12.6. The topological polar surface area (TPSA) is 0 Å². The minimum Gasteiger partial charge on any atom is -0.418 e. The maximum Gasteiger partial charge on any atom is 0.673 e. The Morgan fingerprint density at radius 1 is 0.684 bits per heavy atom. The Labute approximate surface area is 117 Å². The van der Waals surface area contributed by atoms with E-state index in [1.165, 1.54) is 0 Å². The second kappa shape index (κ2) is 7.57. The summed E-state index contributed by atoms with van der Waals surface area (Å²) in [6.45, 7) is 0. The summed E-state index contributed by atoms with van der Waals surface area (Å²) in [6.07, 6.45) is 0. The molecule has 0 saturated heterocycles. The van der Waals surface area contributed by atoms with Crippen molar-refractivity contribution in [3.8, 4) is 0 Å². The van der Waals surface area contributed by atoms with Gasteiger partial charge in [-0.3, -0.25) is 0 Å². The van der Waals surface area contributed by atoms with Crippen LogP contribution in [0.1, 0.15) is 0 Å². The van der Waals surface area contributed by atoms with E-state index in [4.69, 9.17) is 0 Å². The molecular weight excluding hydrogens is 371 g/mol. The molecule has 0 saturated carbocycles. The zero-order chi connectivity index (χ0) is 14.3. The zero-order valence-electron chi connectivity index (χ0n) is 10.3. The molecule has 0 aliphatic rings. The fourth-order valence-corrected chi connectivity index (χ4v) is 5.39. The standard InChI is InChI=1S/C13H13Te.BF4/c1-14(12-8-4-2-5-9-12)13-10-6-3-7-11-13;2-1(3,4)5/h2-11H,1H3;/q+1;-1. The molecule has 2 aromatic carbocycles. The Kier molecular flexibility index (Phi) is 6.40. The molecule has 6 heteroatoms. The summed E-state index contributed by atoms with van der Waals surface area (Å²) in [4.78, 5) is 2.41. The molecule has 0 spiro atoms. The van der Waals surface area contributed by atoms with Crippen LogP contribution in [0.2, 0.25) is 4.97 Å². The first-order valence-corrected chi connectivity index (χ1v) is 10.2. The van der Waals surface area contributed by atoms with Gasteiger partial charge in [-0.05, 0) is 0 Å². The molecule has 2 rings (SSSR count). The molecule has 0 N–H and O–H groups in total. The quantitative estimate of drug-likeness (QED) is 0.552. The van der Waals surface area contributed by atoms with E-state index in [9.17, 15) is 17.3 Å². The molecule has 0 bridgehead atoms. The van der Waals surface area contributed by atoms with Crippen molar-refractivity contribution in [2.75, 3.05) is 0 Å². The molecule has 0 atom stereocenters. The smallest absolute Gasteiger partial charge is 0.418 e. The fraction of sp³-hybridized carbons (Fsp3) is 0.0769. The van der Waals surface area contributed by atoms with Crippen LogP contribution in [-0.2, 0) is 0 Å². The van der Waals surface area contributed by atoms with Gasteiger partial charge in [0.1, 0.15) is 0 Å². The van der Waals surface area contributed by atoms with Crippen LogP contribution in [0.15, 0.2) is 60.7 Å². The van der Waals surface area contributed by atoms with Gasteiger partial charge < -0.3 is 17.3 Å².